The maximum absolute atomic E-state index is 11.8. The molecule has 1 heterocycles. The second-order valence-electron chi connectivity index (χ2n) is 4.27. The van der Waals surface area contributed by atoms with Crippen LogP contribution in [0.4, 0.5) is 5.95 Å². The van der Waals surface area contributed by atoms with Gasteiger partial charge in [0.05, 0.1) is 0 Å². The molecule has 1 aliphatic rings. The number of rotatable bonds is 3. The third kappa shape index (κ3) is 2.70. The lowest BCUT2D eigenvalue weighted by atomic mass is 10.1. The van der Waals surface area contributed by atoms with Crippen molar-refractivity contribution in [3.05, 3.63) is 16.9 Å². The van der Waals surface area contributed by atoms with Crippen LogP contribution in [0.25, 0.3) is 0 Å². The summed E-state index contributed by atoms with van der Waals surface area (Å²) in [6.07, 6.45) is 2.29. The van der Waals surface area contributed by atoms with Crippen molar-refractivity contribution in [1.82, 2.24) is 9.97 Å². The Labute approximate surface area is 99.4 Å². The Morgan fingerprint density at radius 3 is 2.81 bits per heavy atom. The van der Waals surface area contributed by atoms with Crippen LogP contribution in [0, 0.1) is 18.8 Å². The predicted molar refractivity (Wildman–Crippen MR) is 62.3 cm³/mol. The van der Waals surface area contributed by atoms with Gasteiger partial charge < -0.3 is 0 Å². The summed E-state index contributed by atoms with van der Waals surface area (Å²) in [4.78, 5) is 19.8. The molecule has 1 fully saturated rings. The maximum atomic E-state index is 11.8. The average Bonchev–Trinajstić information content (AvgIpc) is 2.97. The van der Waals surface area contributed by atoms with E-state index in [9.17, 15) is 4.79 Å². The van der Waals surface area contributed by atoms with Crippen LogP contribution >= 0.6 is 11.6 Å². The van der Waals surface area contributed by atoms with E-state index >= 15 is 0 Å². The summed E-state index contributed by atoms with van der Waals surface area (Å²) >= 11 is 5.79. The molecule has 1 amide bonds. The van der Waals surface area contributed by atoms with Crippen LogP contribution in [0.2, 0.25) is 5.15 Å². The molecular weight excluding hydrogens is 226 g/mol. The van der Waals surface area contributed by atoms with Gasteiger partial charge in [0.1, 0.15) is 5.15 Å². The van der Waals surface area contributed by atoms with Gasteiger partial charge in [-0.3, -0.25) is 10.1 Å². The monoisotopic (exact) mass is 239 g/mol. The zero-order valence-corrected chi connectivity index (χ0v) is 10.1. The molecule has 2 rings (SSSR count). The summed E-state index contributed by atoms with van der Waals surface area (Å²) in [6, 6.07) is 1.65. The lowest BCUT2D eigenvalue weighted by molar-refractivity contribution is -0.120. The first kappa shape index (κ1) is 11.3. The Hall–Kier alpha value is -1.16. The van der Waals surface area contributed by atoms with Crippen molar-refractivity contribution in [3.63, 3.8) is 0 Å². The van der Waals surface area contributed by atoms with Gasteiger partial charge >= 0.3 is 0 Å². The van der Waals surface area contributed by atoms with Crippen molar-refractivity contribution in [2.45, 2.75) is 26.7 Å². The second kappa shape index (κ2) is 4.37. The molecule has 1 atom stereocenters. The molecule has 1 aromatic heterocycles. The molecule has 86 valence electrons. The molecule has 0 saturated heterocycles. The molecular formula is C11H14ClN3O. The fourth-order valence-corrected chi connectivity index (χ4v) is 1.86. The van der Waals surface area contributed by atoms with Gasteiger partial charge in [-0.05, 0) is 31.7 Å². The van der Waals surface area contributed by atoms with Crippen LogP contribution in [0.15, 0.2) is 6.07 Å². The van der Waals surface area contributed by atoms with Gasteiger partial charge in [-0.25, -0.2) is 9.97 Å². The molecule has 0 aromatic carbocycles. The SMILES string of the molecule is Cc1cc(Cl)nc(NC(=O)C(C)C2CC2)n1. The largest absolute Gasteiger partial charge is 0.294 e. The van der Waals surface area contributed by atoms with E-state index in [4.69, 9.17) is 11.6 Å². The minimum Gasteiger partial charge on any atom is -0.294 e. The van der Waals surface area contributed by atoms with Gasteiger partial charge in [0, 0.05) is 11.6 Å². The van der Waals surface area contributed by atoms with E-state index in [1.807, 2.05) is 13.8 Å². The van der Waals surface area contributed by atoms with Gasteiger partial charge in [0.2, 0.25) is 11.9 Å². The number of hydrogen-bond acceptors (Lipinski definition) is 3. The van der Waals surface area contributed by atoms with Crippen molar-refractivity contribution in [2.75, 3.05) is 5.32 Å². The highest BCUT2D eigenvalue weighted by Crippen LogP contribution is 2.36. The van der Waals surface area contributed by atoms with Gasteiger partial charge in [0.15, 0.2) is 0 Å². The first-order chi connectivity index (χ1) is 7.56. The van der Waals surface area contributed by atoms with Crippen molar-refractivity contribution in [2.24, 2.45) is 11.8 Å². The first-order valence-electron chi connectivity index (χ1n) is 5.38. The summed E-state index contributed by atoms with van der Waals surface area (Å²) in [5.74, 6) is 0.829. The first-order valence-corrected chi connectivity index (χ1v) is 5.76. The topological polar surface area (TPSA) is 54.9 Å². The molecule has 1 unspecified atom stereocenters. The minimum atomic E-state index is -0.0239. The molecule has 0 bridgehead atoms. The van der Waals surface area contributed by atoms with Crippen LogP contribution in [-0.2, 0) is 4.79 Å². The highest BCUT2D eigenvalue weighted by Gasteiger charge is 2.32. The lowest BCUT2D eigenvalue weighted by Crippen LogP contribution is -2.23. The van der Waals surface area contributed by atoms with E-state index in [-0.39, 0.29) is 11.8 Å². The second-order valence-corrected chi connectivity index (χ2v) is 4.66. The number of amides is 1. The Bertz CT molecular complexity index is 397. The number of halogens is 1. The van der Waals surface area contributed by atoms with Gasteiger partial charge in [0.25, 0.3) is 0 Å². The van der Waals surface area contributed by atoms with Crippen LogP contribution < -0.4 is 5.32 Å². The lowest BCUT2D eigenvalue weighted by Gasteiger charge is -2.10. The van der Waals surface area contributed by atoms with E-state index in [1.165, 1.54) is 0 Å². The molecule has 1 N–H and O–H groups in total. The molecule has 1 saturated carbocycles. The van der Waals surface area contributed by atoms with Crippen LogP contribution in [0.1, 0.15) is 25.5 Å². The third-order valence-corrected chi connectivity index (χ3v) is 2.99. The third-order valence-electron chi connectivity index (χ3n) is 2.80. The summed E-state index contributed by atoms with van der Waals surface area (Å²) in [5, 5.41) is 3.05. The zero-order valence-electron chi connectivity index (χ0n) is 9.33. The van der Waals surface area contributed by atoms with Crippen LogP contribution in [0.5, 0.6) is 0 Å². The molecule has 16 heavy (non-hydrogen) atoms. The highest BCUT2D eigenvalue weighted by molar-refractivity contribution is 6.29. The molecule has 5 heteroatoms. The number of carbonyl (C=O) groups excluding carboxylic acids is 1. The van der Waals surface area contributed by atoms with Crippen molar-refractivity contribution in [1.29, 1.82) is 0 Å². The molecule has 1 aliphatic carbocycles. The van der Waals surface area contributed by atoms with Gasteiger partial charge in [-0.15, -0.1) is 0 Å². The highest BCUT2D eigenvalue weighted by atomic mass is 35.5. The molecule has 0 aliphatic heterocycles. The van der Waals surface area contributed by atoms with Gasteiger partial charge in [-0.1, -0.05) is 18.5 Å². The fraction of sp³-hybridized carbons (Fsp3) is 0.545. The standard InChI is InChI=1S/C11H14ClN3O/c1-6-5-9(12)14-11(13-6)15-10(16)7(2)8-3-4-8/h5,7-8H,3-4H2,1-2H3,(H,13,14,15,16). The average molecular weight is 240 g/mol. The number of carbonyl (C=O) groups is 1. The number of aromatic nitrogens is 2. The molecule has 4 nitrogen and oxygen atoms in total. The number of nitrogens with one attached hydrogen (secondary N) is 1. The number of anilines is 1. The van der Waals surface area contributed by atoms with E-state index in [2.05, 4.69) is 15.3 Å². The molecule has 1 aromatic rings. The smallest absolute Gasteiger partial charge is 0.231 e. The number of nitrogens with zero attached hydrogens (tertiary/aromatic N) is 2. The van der Waals surface area contributed by atoms with E-state index < -0.39 is 0 Å². The van der Waals surface area contributed by atoms with E-state index in [0.717, 1.165) is 18.5 Å². The van der Waals surface area contributed by atoms with E-state index in [1.54, 1.807) is 6.07 Å². The number of hydrogen-bond donors (Lipinski definition) is 1. The Kier molecular flexibility index (Phi) is 3.10. The normalized spacial score (nSPS) is 16.9. The number of aryl methyl sites for hydroxylation is 1. The zero-order chi connectivity index (χ0) is 11.7. The van der Waals surface area contributed by atoms with E-state index in [0.29, 0.717) is 17.0 Å². The predicted octanol–water partition coefficient (Wildman–Crippen LogP) is 2.42. The van der Waals surface area contributed by atoms with Crippen molar-refractivity contribution < 1.29 is 4.79 Å². The summed E-state index contributed by atoms with van der Waals surface area (Å²) < 4.78 is 0. The molecule has 0 spiro atoms. The molecule has 0 radical (unpaired) electrons. The maximum Gasteiger partial charge on any atom is 0.231 e. The minimum absolute atomic E-state index is 0.0239. The van der Waals surface area contributed by atoms with Crippen molar-refractivity contribution in [3.8, 4) is 0 Å². The van der Waals surface area contributed by atoms with Crippen molar-refractivity contribution >= 4 is 23.5 Å². The Balaban J connectivity index is 2.04. The summed E-state index contributed by atoms with van der Waals surface area (Å²) in [6.45, 7) is 3.75. The Morgan fingerprint density at radius 1 is 1.56 bits per heavy atom. The van der Waals surface area contributed by atoms with Gasteiger partial charge in [-0.2, -0.15) is 0 Å². The fourth-order valence-electron chi connectivity index (χ4n) is 1.62. The van der Waals surface area contributed by atoms with Crippen LogP contribution in [0.3, 0.4) is 0 Å². The quantitative estimate of drug-likeness (QED) is 0.825. The summed E-state index contributed by atoms with van der Waals surface area (Å²) in [7, 11) is 0. The van der Waals surface area contributed by atoms with Crippen LogP contribution in [-0.4, -0.2) is 15.9 Å². The Morgan fingerprint density at radius 2 is 2.25 bits per heavy atom. The summed E-state index contributed by atoms with van der Waals surface area (Å²) in [5.41, 5.74) is 0.745.